The second-order valence-electron chi connectivity index (χ2n) is 5.46. The summed E-state index contributed by atoms with van der Waals surface area (Å²) in [5.74, 6) is 0.103. The van der Waals surface area contributed by atoms with Gasteiger partial charge in [-0.15, -0.1) is 0 Å². The lowest BCUT2D eigenvalue weighted by Gasteiger charge is -2.08. The number of benzene rings is 1. The molecule has 1 aromatic carbocycles. The zero-order chi connectivity index (χ0) is 15.6. The maximum absolute atomic E-state index is 12.1. The molecule has 2 aromatic rings. The average molecular weight is 319 g/mol. The maximum Gasteiger partial charge on any atom is 0.271 e. The van der Waals surface area contributed by atoms with Gasteiger partial charge in [-0.3, -0.25) is 4.79 Å². The normalized spacial score (nSPS) is 19.9. The summed E-state index contributed by atoms with van der Waals surface area (Å²) in [7, 11) is -2.91. The van der Waals surface area contributed by atoms with E-state index >= 15 is 0 Å². The highest BCUT2D eigenvalue weighted by atomic mass is 32.2. The quantitative estimate of drug-likeness (QED) is 0.913. The Morgan fingerprint density at radius 3 is 2.73 bits per heavy atom. The van der Waals surface area contributed by atoms with Crippen molar-refractivity contribution in [3.63, 3.8) is 0 Å². The van der Waals surface area contributed by atoms with E-state index in [1.54, 1.807) is 16.9 Å². The third kappa shape index (κ3) is 3.36. The molecule has 0 saturated carbocycles. The Labute approximate surface area is 129 Å². The molecule has 116 valence electrons. The van der Waals surface area contributed by atoms with Gasteiger partial charge >= 0.3 is 0 Å². The van der Waals surface area contributed by atoms with Crippen molar-refractivity contribution >= 4 is 15.7 Å². The van der Waals surface area contributed by atoms with Crippen molar-refractivity contribution in [1.29, 1.82) is 0 Å². The number of carbonyl (C=O) groups excluding carboxylic acids is 1. The zero-order valence-corrected chi connectivity index (χ0v) is 12.8. The van der Waals surface area contributed by atoms with Gasteiger partial charge in [0, 0.05) is 12.7 Å². The van der Waals surface area contributed by atoms with Crippen LogP contribution in [0.1, 0.15) is 16.9 Å². The monoisotopic (exact) mass is 319 g/mol. The average Bonchev–Trinajstić information content (AvgIpc) is 3.12. The van der Waals surface area contributed by atoms with Crippen LogP contribution in [0.4, 0.5) is 0 Å². The predicted molar refractivity (Wildman–Crippen MR) is 82.7 cm³/mol. The SMILES string of the molecule is O=C(NC[C@H]1CCS(=O)(=O)C1)c1ccn(-c2ccccc2)n1. The Morgan fingerprint density at radius 2 is 2.05 bits per heavy atom. The highest BCUT2D eigenvalue weighted by Crippen LogP contribution is 2.17. The summed E-state index contributed by atoms with van der Waals surface area (Å²) in [5.41, 5.74) is 1.20. The first-order chi connectivity index (χ1) is 10.5. The van der Waals surface area contributed by atoms with Crippen molar-refractivity contribution < 1.29 is 13.2 Å². The van der Waals surface area contributed by atoms with Crippen LogP contribution in [0.15, 0.2) is 42.6 Å². The lowest BCUT2D eigenvalue weighted by Crippen LogP contribution is -2.30. The number of sulfone groups is 1. The van der Waals surface area contributed by atoms with Gasteiger partial charge in [0.15, 0.2) is 15.5 Å². The summed E-state index contributed by atoms with van der Waals surface area (Å²) in [4.78, 5) is 12.1. The molecule has 1 aliphatic rings. The lowest BCUT2D eigenvalue weighted by atomic mass is 10.1. The van der Waals surface area contributed by atoms with Crippen LogP contribution in [0.25, 0.3) is 5.69 Å². The molecule has 1 aromatic heterocycles. The first-order valence-electron chi connectivity index (χ1n) is 7.13. The molecule has 2 heterocycles. The Kier molecular flexibility index (Phi) is 3.98. The maximum atomic E-state index is 12.1. The molecule has 7 heteroatoms. The zero-order valence-electron chi connectivity index (χ0n) is 12.0. The lowest BCUT2D eigenvalue weighted by molar-refractivity contribution is 0.0943. The second-order valence-corrected chi connectivity index (χ2v) is 7.69. The number of nitrogens with one attached hydrogen (secondary N) is 1. The fourth-order valence-corrected chi connectivity index (χ4v) is 4.39. The van der Waals surface area contributed by atoms with Crippen molar-refractivity contribution in [3.05, 3.63) is 48.3 Å². The molecule has 1 N–H and O–H groups in total. The number of hydrogen-bond acceptors (Lipinski definition) is 4. The molecule has 3 rings (SSSR count). The molecular formula is C15H17N3O3S. The standard InChI is InChI=1S/C15H17N3O3S/c19-15(16-10-12-7-9-22(20,21)11-12)14-6-8-18(17-14)13-4-2-1-3-5-13/h1-6,8,12H,7,9-11H2,(H,16,19)/t12-/m1/s1. The molecule has 22 heavy (non-hydrogen) atoms. The van der Waals surface area contributed by atoms with E-state index in [1.807, 2.05) is 30.3 Å². The molecule has 0 spiro atoms. The summed E-state index contributed by atoms with van der Waals surface area (Å²) in [6.07, 6.45) is 2.34. The minimum Gasteiger partial charge on any atom is -0.350 e. The van der Waals surface area contributed by atoms with Crippen molar-refractivity contribution in [2.45, 2.75) is 6.42 Å². The van der Waals surface area contributed by atoms with Crippen LogP contribution in [0.2, 0.25) is 0 Å². The number of para-hydroxylation sites is 1. The summed E-state index contributed by atoms with van der Waals surface area (Å²) in [6.45, 7) is 0.371. The molecule has 1 atom stereocenters. The van der Waals surface area contributed by atoms with Crippen molar-refractivity contribution in [2.75, 3.05) is 18.1 Å². The molecule has 0 bridgehead atoms. The number of hydrogen-bond donors (Lipinski definition) is 1. The van der Waals surface area contributed by atoms with E-state index < -0.39 is 9.84 Å². The van der Waals surface area contributed by atoms with E-state index in [1.165, 1.54) is 0 Å². The first kappa shape index (κ1) is 14.8. The van der Waals surface area contributed by atoms with Crippen LogP contribution in [-0.4, -0.2) is 42.2 Å². The van der Waals surface area contributed by atoms with Crippen molar-refractivity contribution in [2.24, 2.45) is 5.92 Å². The van der Waals surface area contributed by atoms with Gasteiger partial charge in [0.05, 0.1) is 17.2 Å². The molecule has 1 saturated heterocycles. The van der Waals surface area contributed by atoms with Crippen LogP contribution in [-0.2, 0) is 9.84 Å². The van der Waals surface area contributed by atoms with Gasteiger partial charge in [-0.2, -0.15) is 5.10 Å². The van der Waals surface area contributed by atoms with Crippen LogP contribution in [0.3, 0.4) is 0 Å². The smallest absolute Gasteiger partial charge is 0.271 e. The molecule has 0 radical (unpaired) electrons. The van der Waals surface area contributed by atoms with E-state index in [4.69, 9.17) is 0 Å². The number of nitrogens with zero attached hydrogens (tertiary/aromatic N) is 2. The first-order valence-corrected chi connectivity index (χ1v) is 8.95. The molecule has 0 aliphatic carbocycles. The second kappa shape index (κ2) is 5.92. The fourth-order valence-electron chi connectivity index (χ4n) is 2.53. The van der Waals surface area contributed by atoms with E-state index in [0.29, 0.717) is 18.7 Å². The molecular weight excluding hydrogens is 302 g/mol. The molecule has 6 nitrogen and oxygen atoms in total. The highest BCUT2D eigenvalue weighted by Gasteiger charge is 2.28. The van der Waals surface area contributed by atoms with E-state index in [9.17, 15) is 13.2 Å². The third-order valence-corrected chi connectivity index (χ3v) is 5.56. The van der Waals surface area contributed by atoms with Crippen molar-refractivity contribution in [1.82, 2.24) is 15.1 Å². The van der Waals surface area contributed by atoms with E-state index in [2.05, 4.69) is 10.4 Å². The Morgan fingerprint density at radius 1 is 1.27 bits per heavy atom. The van der Waals surface area contributed by atoms with Gasteiger partial charge in [0.2, 0.25) is 0 Å². The fraction of sp³-hybridized carbons (Fsp3) is 0.333. The van der Waals surface area contributed by atoms with Crippen molar-refractivity contribution in [3.8, 4) is 5.69 Å². The minimum absolute atomic E-state index is 0.00478. The van der Waals surface area contributed by atoms with Crippen LogP contribution in [0.5, 0.6) is 0 Å². The molecule has 0 unspecified atom stereocenters. The largest absolute Gasteiger partial charge is 0.350 e. The number of amides is 1. The van der Waals surface area contributed by atoms with Gasteiger partial charge < -0.3 is 5.32 Å². The molecule has 1 amide bonds. The van der Waals surface area contributed by atoms with Gasteiger partial charge in [0.1, 0.15) is 0 Å². The minimum atomic E-state index is -2.91. The van der Waals surface area contributed by atoms with Gasteiger partial charge in [-0.25, -0.2) is 13.1 Å². The van der Waals surface area contributed by atoms with Crippen LogP contribution < -0.4 is 5.32 Å². The van der Waals surface area contributed by atoms with Gasteiger partial charge in [-0.1, -0.05) is 18.2 Å². The molecule has 1 fully saturated rings. The Balaban J connectivity index is 1.60. The van der Waals surface area contributed by atoms with Crippen LogP contribution >= 0.6 is 0 Å². The third-order valence-electron chi connectivity index (χ3n) is 3.72. The topological polar surface area (TPSA) is 81.1 Å². The number of aromatic nitrogens is 2. The van der Waals surface area contributed by atoms with E-state index in [-0.39, 0.29) is 23.3 Å². The Bertz CT molecular complexity index is 768. The van der Waals surface area contributed by atoms with Gasteiger partial charge in [0.25, 0.3) is 5.91 Å². The predicted octanol–water partition coefficient (Wildman–Crippen LogP) is 1.04. The van der Waals surface area contributed by atoms with Crippen LogP contribution in [0, 0.1) is 5.92 Å². The summed E-state index contributed by atoms with van der Waals surface area (Å²) < 4.78 is 24.4. The number of carbonyl (C=O) groups is 1. The van der Waals surface area contributed by atoms with E-state index in [0.717, 1.165) is 5.69 Å². The number of rotatable bonds is 4. The summed E-state index contributed by atoms with van der Waals surface area (Å²) in [5, 5.41) is 7.00. The van der Waals surface area contributed by atoms with Gasteiger partial charge in [-0.05, 0) is 30.5 Å². The summed E-state index contributed by atoms with van der Waals surface area (Å²) in [6, 6.07) is 11.2. The summed E-state index contributed by atoms with van der Waals surface area (Å²) >= 11 is 0. The highest BCUT2D eigenvalue weighted by molar-refractivity contribution is 7.91. The molecule has 1 aliphatic heterocycles. The Hall–Kier alpha value is -2.15.